The highest BCUT2D eigenvalue weighted by Crippen LogP contribution is 2.26. The van der Waals surface area contributed by atoms with Crippen LogP contribution in [0.1, 0.15) is 50.0 Å². The lowest BCUT2D eigenvalue weighted by molar-refractivity contribution is 0.294. The van der Waals surface area contributed by atoms with Crippen LogP contribution in [0.2, 0.25) is 5.15 Å². The maximum Gasteiger partial charge on any atom is 0.369 e. The monoisotopic (exact) mass is 1330 g/mol. The van der Waals surface area contributed by atoms with Gasteiger partial charge in [-0.05, 0) is 132 Å². The molecule has 0 N–H and O–H groups in total. The highest BCUT2D eigenvalue weighted by atomic mass is 79.9. The van der Waals surface area contributed by atoms with E-state index in [1.165, 1.54) is 47.2 Å². The molecular weight excluding hydrogens is 1270 g/mol. The van der Waals surface area contributed by atoms with Crippen LogP contribution in [-0.2, 0) is 54.6 Å². The number of aryl methyl sites for hydroxylation is 8. The minimum atomic E-state index is -0.813. The summed E-state index contributed by atoms with van der Waals surface area (Å²) in [5.74, 6) is 2.37. The van der Waals surface area contributed by atoms with Gasteiger partial charge in [0, 0.05) is 34.4 Å². The molecule has 0 aliphatic rings. The number of ether oxygens (including phenoxy) is 4. The van der Waals surface area contributed by atoms with E-state index in [2.05, 4.69) is 97.5 Å². The Labute approximate surface area is 532 Å². The van der Waals surface area contributed by atoms with Crippen LogP contribution in [0.15, 0.2) is 152 Å². The third-order valence-corrected chi connectivity index (χ3v) is 13.6. The average molecular weight is 1330 g/mol. The standard InChI is InChI=1S/C14H13BrN6O2.C14H13ClN6O2.C14H13FN6O2.C14H14N6O2/c3*1-9-5-3-4-6-11(9)23-7-10-12(15)16-8-17-13(10)21-14(22)20(2)18-19-21;1-10-5-3-4-6-12(10)22-8-11-7-15-9-16-13(11)20-14(21)19(2)17-18-20/h3*3-6,8H,7H2,1-2H3;3-7,9H,8H2,1-2H3/i4*3T. The van der Waals surface area contributed by atoms with Crippen molar-refractivity contribution in [3.05, 3.63) is 231 Å². The molecule has 0 saturated heterocycles. The first-order chi connectivity index (χ1) is 45.5. The molecule has 0 radical (unpaired) electrons. The van der Waals surface area contributed by atoms with Gasteiger partial charge in [-0.2, -0.15) is 23.1 Å². The number of hydrogen-bond acceptors (Lipinski definition) is 24. The van der Waals surface area contributed by atoms with Crippen molar-refractivity contribution in [1.29, 1.82) is 0 Å². The van der Waals surface area contributed by atoms with Crippen molar-refractivity contribution in [1.82, 2.24) is 119 Å². The molecule has 466 valence electrons. The highest BCUT2D eigenvalue weighted by molar-refractivity contribution is 9.10. The smallest absolute Gasteiger partial charge is 0.369 e. The van der Waals surface area contributed by atoms with E-state index in [4.69, 9.17) is 36.0 Å². The second-order valence-electron chi connectivity index (χ2n) is 18.9. The zero-order valence-electron chi connectivity index (χ0n) is 53.3. The Morgan fingerprint density at radius 2 is 0.780 bits per heavy atom. The van der Waals surface area contributed by atoms with E-state index in [1.807, 2.05) is 20.8 Å². The molecule has 0 spiro atoms. The summed E-state index contributed by atoms with van der Waals surface area (Å²) in [4.78, 5) is 79.7. The second-order valence-corrected chi connectivity index (χ2v) is 20.0. The third-order valence-electron chi connectivity index (χ3n) is 12.6. The van der Waals surface area contributed by atoms with E-state index in [1.54, 1.807) is 85.9 Å². The minimum Gasteiger partial charge on any atom is -0.488 e. The number of tetrazole rings is 4. The largest absolute Gasteiger partial charge is 0.488 e. The minimum absolute atomic E-state index is 0.0190. The van der Waals surface area contributed by atoms with Crippen LogP contribution in [0.5, 0.6) is 23.0 Å². The molecule has 91 heavy (non-hydrogen) atoms. The summed E-state index contributed by atoms with van der Waals surface area (Å²) >= 11 is 9.49. The van der Waals surface area contributed by atoms with E-state index < -0.39 is 28.7 Å². The van der Waals surface area contributed by atoms with Crippen molar-refractivity contribution in [2.45, 2.75) is 54.1 Å². The quantitative estimate of drug-likeness (QED) is 0.123. The number of para-hydroxylation sites is 4. The lowest BCUT2D eigenvalue weighted by Crippen LogP contribution is -2.24. The fourth-order valence-electron chi connectivity index (χ4n) is 7.75. The predicted octanol–water partition coefficient (Wildman–Crippen LogP) is 4.13. The van der Waals surface area contributed by atoms with Gasteiger partial charge in [-0.3, -0.25) is 0 Å². The molecule has 35 heteroatoms. The molecular formula is C56H53BrClFN24O8. The van der Waals surface area contributed by atoms with E-state index in [0.717, 1.165) is 66.0 Å². The summed E-state index contributed by atoms with van der Waals surface area (Å²) in [6, 6.07) is 21.6. The number of hydrogen-bond donors (Lipinski definition) is 0. The number of rotatable bonds is 16. The van der Waals surface area contributed by atoms with Gasteiger partial charge in [-0.1, -0.05) is 84.3 Å². The summed E-state index contributed by atoms with van der Waals surface area (Å²) in [5, 5.41) is 29.7. The van der Waals surface area contributed by atoms with Crippen molar-refractivity contribution in [3.63, 3.8) is 0 Å². The Balaban J connectivity index is 0.000000149. The zero-order valence-corrected chi connectivity index (χ0v) is 51.6. The summed E-state index contributed by atoms with van der Waals surface area (Å²) in [6.45, 7) is 7.46. The van der Waals surface area contributed by atoms with Crippen LogP contribution < -0.4 is 41.7 Å². The first-order valence-corrected chi connectivity index (χ1v) is 27.7. The lowest BCUT2D eigenvalue weighted by Gasteiger charge is -2.11. The van der Waals surface area contributed by atoms with Gasteiger partial charge in [-0.25, -0.2) is 59.0 Å². The van der Waals surface area contributed by atoms with Crippen LogP contribution in [0.25, 0.3) is 23.3 Å². The average Bonchev–Trinajstić information content (AvgIpc) is 1.86. The van der Waals surface area contributed by atoms with Crippen molar-refractivity contribution >= 4 is 27.5 Å². The molecule has 0 bridgehead atoms. The van der Waals surface area contributed by atoms with E-state index >= 15 is 0 Å². The Morgan fingerprint density at radius 1 is 0.440 bits per heavy atom. The molecule has 0 aliphatic carbocycles. The van der Waals surface area contributed by atoms with Crippen LogP contribution in [-0.4, -0.2) is 119 Å². The molecule has 0 unspecified atom stereocenters. The summed E-state index contributed by atoms with van der Waals surface area (Å²) in [7, 11) is 5.92. The van der Waals surface area contributed by atoms with Gasteiger partial charge >= 0.3 is 22.8 Å². The predicted molar refractivity (Wildman–Crippen MR) is 323 cm³/mol. The second kappa shape index (κ2) is 29.5. The van der Waals surface area contributed by atoms with E-state index in [9.17, 15) is 23.6 Å². The maximum absolute atomic E-state index is 14.1. The molecule has 12 aromatic rings. The number of benzene rings is 4. The fraction of sp³-hybridized carbons (Fsp3) is 0.214. The zero-order chi connectivity index (χ0) is 68.2. The molecule has 0 amide bonds. The van der Waals surface area contributed by atoms with Crippen LogP contribution in [0, 0.1) is 33.6 Å². The van der Waals surface area contributed by atoms with Crippen LogP contribution >= 0.6 is 27.5 Å². The first-order valence-electron chi connectivity index (χ1n) is 28.5. The molecule has 0 atom stereocenters. The Morgan fingerprint density at radius 3 is 1.19 bits per heavy atom. The molecule has 4 aromatic carbocycles. The van der Waals surface area contributed by atoms with Crippen molar-refractivity contribution < 1.29 is 28.8 Å². The highest BCUT2D eigenvalue weighted by Gasteiger charge is 2.21. The Bertz CT molecular complexity index is 4640. The Hall–Kier alpha value is -11.4. The molecule has 8 heterocycles. The fourth-order valence-corrected chi connectivity index (χ4v) is 8.31. The maximum atomic E-state index is 14.1. The molecule has 8 aromatic heterocycles. The SMILES string of the molecule is [3H]c1ccc(OCc2c(Br)ncnc2-n2nnn(C)c2=O)c(C)c1.[3H]c1ccc(OCc2c(Cl)ncnc2-n2nnn(C)c2=O)c(C)c1.[3H]c1ccc(OCc2c(F)ncnc2-n2nnn(C)c2=O)c(C)c1.[3H]c1ccc(OCc2cncnc2-n2nnn(C)c2=O)c(C)c1. The Kier molecular flexibility index (Phi) is 19.0. The van der Waals surface area contributed by atoms with Crippen molar-refractivity contribution in [2.75, 3.05) is 0 Å². The van der Waals surface area contributed by atoms with Gasteiger partial charge in [0.05, 0.1) is 27.7 Å². The number of aromatic nitrogens is 24. The van der Waals surface area contributed by atoms with E-state index in [0.29, 0.717) is 80.1 Å². The van der Waals surface area contributed by atoms with Crippen molar-refractivity contribution in [2.24, 2.45) is 28.2 Å². The molecule has 0 aliphatic heterocycles. The summed E-state index contributed by atoms with van der Waals surface area (Å²) in [5.41, 5.74) is 2.96. The molecule has 0 saturated carbocycles. The van der Waals surface area contributed by atoms with Gasteiger partial charge in [0.2, 0.25) is 5.95 Å². The normalized spacial score (nSPS) is 11.3. The van der Waals surface area contributed by atoms with Crippen LogP contribution in [0.3, 0.4) is 0 Å². The lowest BCUT2D eigenvalue weighted by atomic mass is 10.2. The summed E-state index contributed by atoms with van der Waals surface area (Å²) < 4.78 is 76.2. The topological polar surface area (TPSA) is 351 Å². The third kappa shape index (κ3) is 15.3. The summed E-state index contributed by atoms with van der Waals surface area (Å²) in [6.07, 6.45) is 6.46. The molecule has 0 fully saturated rings. The number of nitrogens with zero attached hydrogens (tertiary/aromatic N) is 24. The van der Waals surface area contributed by atoms with Gasteiger partial charge in [0.15, 0.2) is 23.3 Å². The van der Waals surface area contributed by atoms with E-state index in [-0.39, 0.29) is 48.8 Å². The number of halogens is 3. The van der Waals surface area contributed by atoms with Gasteiger partial charge < -0.3 is 18.9 Å². The first kappa shape index (κ1) is 58.6. The van der Waals surface area contributed by atoms with Gasteiger partial charge in [0.1, 0.15) is 84.5 Å². The van der Waals surface area contributed by atoms with Crippen molar-refractivity contribution in [3.8, 4) is 46.3 Å². The van der Waals surface area contributed by atoms with Crippen LogP contribution in [0.4, 0.5) is 4.39 Å². The van der Waals surface area contributed by atoms with Gasteiger partial charge in [-0.15, -0.1) is 18.7 Å². The molecule has 32 nitrogen and oxygen atoms in total. The van der Waals surface area contributed by atoms with Gasteiger partial charge in [0.25, 0.3) is 0 Å². The molecule has 12 rings (SSSR count).